The third-order valence-electron chi connectivity index (χ3n) is 1.24. The molecule has 0 aliphatic rings. The number of hydrogen-bond donors (Lipinski definition) is 4. The topological polar surface area (TPSA) is 98.7 Å². The van der Waals surface area contributed by atoms with Crippen molar-refractivity contribution < 1.29 is 36.2 Å². The third-order valence-corrected chi connectivity index (χ3v) is 1.24. The van der Waals surface area contributed by atoms with Gasteiger partial charge in [-0.2, -0.15) is 0 Å². The number of carbonyl (C=O) groups is 1. The summed E-state index contributed by atoms with van der Waals surface area (Å²) in [4.78, 5) is 10.4. The zero-order chi connectivity index (χ0) is 10.9. The van der Waals surface area contributed by atoms with Crippen molar-refractivity contribution in [3.8, 4) is 0 Å². The van der Waals surface area contributed by atoms with Gasteiger partial charge in [0.2, 0.25) is 0 Å². The molecule has 13 heavy (non-hydrogen) atoms. The maximum absolute atomic E-state index is 10.4. The fourth-order valence-electron chi connectivity index (χ4n) is 0.771. The molecule has 0 rings (SSSR count). The van der Waals surface area contributed by atoms with Gasteiger partial charge in [0, 0.05) is 0 Å². The molecule has 0 heterocycles. The SMILES string of the molecule is CC(C)C[C@H](NNO)C(=O)O.[O]=[V]. The molecular weight excluding hydrogens is 215 g/mol. The van der Waals surface area contributed by atoms with Crippen molar-refractivity contribution in [1.29, 1.82) is 0 Å². The summed E-state index contributed by atoms with van der Waals surface area (Å²) >= 11 is 1.06. The van der Waals surface area contributed by atoms with Gasteiger partial charge >= 0.3 is 27.0 Å². The van der Waals surface area contributed by atoms with Crippen LogP contribution in [0.25, 0.3) is 0 Å². The number of aliphatic carboxylic acids is 1. The molecule has 0 bridgehead atoms. The molecule has 1 atom stereocenters. The van der Waals surface area contributed by atoms with E-state index in [4.69, 9.17) is 14.0 Å². The molecule has 0 aromatic heterocycles. The molecule has 0 saturated carbocycles. The van der Waals surface area contributed by atoms with E-state index in [9.17, 15) is 4.79 Å². The fourth-order valence-corrected chi connectivity index (χ4v) is 0.771. The summed E-state index contributed by atoms with van der Waals surface area (Å²) < 4.78 is 8.19. The van der Waals surface area contributed by atoms with Crippen LogP contribution in [-0.2, 0) is 25.8 Å². The first-order valence-electron chi connectivity index (χ1n) is 3.63. The van der Waals surface area contributed by atoms with Crippen LogP contribution in [-0.4, -0.2) is 22.3 Å². The Balaban J connectivity index is 0. The van der Waals surface area contributed by atoms with Gasteiger partial charge in [0.05, 0.1) is 0 Å². The van der Waals surface area contributed by atoms with E-state index >= 15 is 0 Å². The molecular formula is C6H14N2O4V. The molecule has 7 heteroatoms. The van der Waals surface area contributed by atoms with Crippen molar-refractivity contribution in [2.45, 2.75) is 26.3 Å². The van der Waals surface area contributed by atoms with E-state index in [0.717, 1.165) is 17.4 Å². The van der Waals surface area contributed by atoms with Crippen LogP contribution in [0.2, 0.25) is 0 Å². The fraction of sp³-hybridized carbons (Fsp3) is 0.833. The van der Waals surface area contributed by atoms with Crippen LogP contribution in [0.1, 0.15) is 20.3 Å². The van der Waals surface area contributed by atoms with Crippen LogP contribution in [0.15, 0.2) is 0 Å². The van der Waals surface area contributed by atoms with Gasteiger partial charge < -0.3 is 10.3 Å². The average molecular weight is 229 g/mol. The van der Waals surface area contributed by atoms with E-state index in [2.05, 4.69) is 5.43 Å². The molecule has 0 amide bonds. The van der Waals surface area contributed by atoms with Crippen molar-refractivity contribution in [1.82, 2.24) is 11.0 Å². The van der Waals surface area contributed by atoms with E-state index in [-0.39, 0.29) is 5.92 Å². The molecule has 0 saturated heterocycles. The van der Waals surface area contributed by atoms with Gasteiger partial charge in [-0.05, 0) is 12.3 Å². The molecule has 6 nitrogen and oxygen atoms in total. The summed E-state index contributed by atoms with van der Waals surface area (Å²) in [7, 11) is 0. The molecule has 0 aromatic carbocycles. The van der Waals surface area contributed by atoms with Crippen molar-refractivity contribution in [2.24, 2.45) is 5.92 Å². The van der Waals surface area contributed by atoms with Gasteiger partial charge in [0.25, 0.3) is 0 Å². The Labute approximate surface area is 85.8 Å². The predicted molar refractivity (Wildman–Crippen MR) is 39.6 cm³/mol. The number of nitrogens with one attached hydrogen (secondary N) is 2. The minimum absolute atomic E-state index is 0.275. The first-order chi connectivity index (χ1) is 6.07. The summed E-state index contributed by atoms with van der Waals surface area (Å²) in [6.45, 7) is 3.82. The van der Waals surface area contributed by atoms with Crippen LogP contribution in [0.5, 0.6) is 0 Å². The summed E-state index contributed by atoms with van der Waals surface area (Å²) in [5.41, 5.74) is 3.84. The Morgan fingerprint density at radius 1 is 1.46 bits per heavy atom. The maximum atomic E-state index is 10.4. The Kier molecular flexibility index (Phi) is 11.5. The number of carboxylic acids is 1. The number of hydrogen-bond acceptors (Lipinski definition) is 5. The van der Waals surface area contributed by atoms with Crippen molar-refractivity contribution in [3.05, 3.63) is 0 Å². The average Bonchev–Trinajstić information content (AvgIpc) is 2.06. The number of carboxylic acid groups (broad SMARTS) is 1. The quantitative estimate of drug-likeness (QED) is 0.489. The van der Waals surface area contributed by atoms with E-state index in [0.29, 0.717) is 6.42 Å². The second kappa shape index (κ2) is 9.82. The zero-order valence-electron chi connectivity index (χ0n) is 7.52. The Bertz CT molecular complexity index is 145. The van der Waals surface area contributed by atoms with Gasteiger partial charge in [-0.15, -0.1) is 5.59 Å². The van der Waals surface area contributed by atoms with E-state index < -0.39 is 12.0 Å². The van der Waals surface area contributed by atoms with E-state index in [1.807, 2.05) is 13.8 Å². The Morgan fingerprint density at radius 2 is 1.92 bits per heavy atom. The standard InChI is InChI=1S/C6H14N2O3.O.V/c1-4(2)3-5(6(9)10)7-8-11;;/h4-5,7-8,11H,3H2,1-2H3,(H,9,10);;/t5-;;/m0../s1. The Hall–Kier alpha value is -0.266. The second-order valence-corrected chi connectivity index (χ2v) is 2.78. The van der Waals surface area contributed by atoms with Crippen LogP contribution in [0.4, 0.5) is 0 Å². The molecule has 77 valence electrons. The van der Waals surface area contributed by atoms with Crippen molar-refractivity contribution in [2.75, 3.05) is 0 Å². The van der Waals surface area contributed by atoms with Gasteiger partial charge in [-0.1, -0.05) is 13.8 Å². The first-order valence-corrected chi connectivity index (χ1v) is 4.20. The normalized spacial score (nSPS) is 11.6. The molecule has 0 aliphatic carbocycles. The minimum atomic E-state index is -0.972. The second-order valence-electron chi connectivity index (χ2n) is 2.78. The van der Waals surface area contributed by atoms with E-state index in [1.54, 1.807) is 5.59 Å². The molecule has 4 N–H and O–H groups in total. The molecule has 0 aromatic rings. The molecule has 0 spiro atoms. The summed E-state index contributed by atoms with van der Waals surface area (Å²) in [5.74, 6) is -0.697. The van der Waals surface area contributed by atoms with Gasteiger partial charge in [0.15, 0.2) is 0 Å². The predicted octanol–water partition coefficient (Wildman–Crippen LogP) is -0.152. The van der Waals surface area contributed by atoms with Crippen LogP contribution < -0.4 is 11.0 Å². The zero-order valence-corrected chi connectivity index (χ0v) is 8.92. The summed E-state index contributed by atoms with van der Waals surface area (Å²) in [6, 6.07) is -0.736. The summed E-state index contributed by atoms with van der Waals surface area (Å²) in [6.07, 6.45) is 0.475. The number of hydrazine groups is 1. The van der Waals surface area contributed by atoms with Gasteiger partial charge in [-0.25, -0.2) is 5.43 Å². The van der Waals surface area contributed by atoms with Crippen molar-refractivity contribution in [3.63, 3.8) is 0 Å². The molecule has 0 unspecified atom stereocenters. The van der Waals surface area contributed by atoms with Gasteiger partial charge in [0.1, 0.15) is 6.04 Å². The van der Waals surface area contributed by atoms with Crippen LogP contribution >= 0.6 is 0 Å². The molecule has 0 fully saturated rings. The third kappa shape index (κ3) is 9.65. The van der Waals surface area contributed by atoms with Crippen LogP contribution in [0.3, 0.4) is 0 Å². The van der Waals surface area contributed by atoms with Crippen molar-refractivity contribution >= 4 is 5.97 Å². The molecule has 0 radical (unpaired) electrons. The molecule has 0 aliphatic heterocycles. The van der Waals surface area contributed by atoms with Crippen LogP contribution in [0, 0.1) is 5.92 Å². The monoisotopic (exact) mass is 229 g/mol. The number of rotatable bonds is 5. The first kappa shape index (κ1) is 15.2. The van der Waals surface area contributed by atoms with E-state index in [1.165, 1.54) is 0 Å². The summed E-state index contributed by atoms with van der Waals surface area (Å²) in [5, 5.41) is 16.7. The van der Waals surface area contributed by atoms with Gasteiger partial charge in [-0.3, -0.25) is 4.79 Å². The Morgan fingerprint density at radius 3 is 2.15 bits per heavy atom.